The first-order valence-electron chi connectivity index (χ1n) is 3.17. The van der Waals surface area contributed by atoms with E-state index >= 15 is 0 Å². The Hall–Kier alpha value is -1.65. The van der Waals surface area contributed by atoms with Crippen molar-refractivity contribution in [3.05, 3.63) is 22.1 Å². The molecule has 0 fully saturated rings. The van der Waals surface area contributed by atoms with Gasteiger partial charge < -0.3 is 0 Å². The number of H-pyrrole nitrogens is 2. The molecule has 2 rings (SSSR count). The van der Waals surface area contributed by atoms with Gasteiger partial charge in [-0.15, -0.1) is 0 Å². The molecule has 0 radical (unpaired) electrons. The number of hydrogen-bond acceptors (Lipinski definition) is 3. The van der Waals surface area contributed by atoms with E-state index in [-0.39, 0.29) is 5.43 Å². The molecule has 0 bridgehead atoms. The van der Waals surface area contributed by atoms with E-state index in [4.69, 9.17) is 0 Å². The van der Waals surface area contributed by atoms with Crippen LogP contribution in [0.15, 0.2) is 11.0 Å². The van der Waals surface area contributed by atoms with Gasteiger partial charge in [0.05, 0.1) is 11.6 Å². The van der Waals surface area contributed by atoms with E-state index in [0.717, 1.165) is 5.69 Å². The average molecular weight is 150 g/mol. The molecule has 0 aliphatic heterocycles. The Kier molecular flexibility index (Phi) is 1.06. The summed E-state index contributed by atoms with van der Waals surface area (Å²) in [5.41, 5.74) is 1.17. The van der Waals surface area contributed by atoms with Gasteiger partial charge in [-0.2, -0.15) is 10.2 Å². The topological polar surface area (TPSA) is 74.4 Å². The summed E-state index contributed by atoms with van der Waals surface area (Å²) in [5, 5.41) is 13.3. The normalized spacial score (nSPS) is 10.6. The molecule has 11 heavy (non-hydrogen) atoms. The summed E-state index contributed by atoms with van der Waals surface area (Å²) in [4.78, 5) is 11.1. The van der Waals surface area contributed by atoms with Crippen LogP contribution in [0.5, 0.6) is 0 Å². The van der Waals surface area contributed by atoms with E-state index in [1.165, 1.54) is 6.20 Å². The number of nitrogens with zero attached hydrogens (tertiary/aromatic N) is 2. The quantitative estimate of drug-likeness (QED) is 0.553. The molecule has 2 aromatic rings. The predicted molar refractivity (Wildman–Crippen MR) is 39.2 cm³/mol. The van der Waals surface area contributed by atoms with E-state index in [1.807, 2.05) is 0 Å². The lowest BCUT2D eigenvalue weighted by Gasteiger charge is -1.84. The van der Waals surface area contributed by atoms with Crippen LogP contribution in [0.3, 0.4) is 0 Å². The van der Waals surface area contributed by atoms with Crippen LogP contribution >= 0.6 is 0 Å². The van der Waals surface area contributed by atoms with E-state index in [0.29, 0.717) is 11.0 Å². The zero-order chi connectivity index (χ0) is 7.84. The minimum absolute atomic E-state index is 0.106. The van der Waals surface area contributed by atoms with Gasteiger partial charge in [0, 0.05) is 5.69 Å². The molecule has 0 atom stereocenters. The summed E-state index contributed by atoms with van der Waals surface area (Å²) in [6, 6.07) is 0. The summed E-state index contributed by atoms with van der Waals surface area (Å²) in [5.74, 6) is 0. The van der Waals surface area contributed by atoms with Gasteiger partial charge in [0.1, 0.15) is 0 Å². The summed E-state index contributed by atoms with van der Waals surface area (Å²) in [6.07, 6.45) is 1.24. The molecule has 0 aliphatic rings. The Morgan fingerprint density at radius 3 is 3.00 bits per heavy atom. The van der Waals surface area contributed by atoms with Crippen molar-refractivity contribution in [1.82, 2.24) is 20.4 Å². The van der Waals surface area contributed by atoms with Crippen LogP contribution in [-0.4, -0.2) is 20.4 Å². The summed E-state index contributed by atoms with van der Waals surface area (Å²) >= 11 is 0. The van der Waals surface area contributed by atoms with Gasteiger partial charge in [-0.05, 0) is 6.92 Å². The first kappa shape index (κ1) is 6.09. The van der Waals surface area contributed by atoms with Crippen molar-refractivity contribution < 1.29 is 0 Å². The van der Waals surface area contributed by atoms with Crippen LogP contribution in [0.1, 0.15) is 5.69 Å². The van der Waals surface area contributed by atoms with Crippen molar-refractivity contribution in [2.75, 3.05) is 0 Å². The lowest BCUT2D eigenvalue weighted by Crippen LogP contribution is -2.02. The van der Waals surface area contributed by atoms with Crippen molar-refractivity contribution in [3.8, 4) is 0 Å². The molecule has 0 spiro atoms. The van der Waals surface area contributed by atoms with Gasteiger partial charge in [-0.25, -0.2) is 0 Å². The highest BCUT2D eigenvalue weighted by Crippen LogP contribution is 2.04. The molecule has 0 saturated heterocycles. The zero-order valence-electron chi connectivity index (χ0n) is 5.88. The van der Waals surface area contributed by atoms with Crippen molar-refractivity contribution in [1.29, 1.82) is 0 Å². The highest BCUT2D eigenvalue weighted by Gasteiger charge is 2.03. The lowest BCUT2D eigenvalue weighted by atomic mass is 10.3. The third-order valence-corrected chi connectivity index (χ3v) is 1.55. The number of nitrogens with one attached hydrogen (secondary N) is 2. The highest BCUT2D eigenvalue weighted by molar-refractivity contribution is 5.75. The number of aryl methyl sites for hydroxylation is 1. The Morgan fingerprint density at radius 2 is 2.27 bits per heavy atom. The number of hydrogen-bond donors (Lipinski definition) is 2. The molecule has 56 valence electrons. The first-order valence-corrected chi connectivity index (χ1v) is 3.17. The van der Waals surface area contributed by atoms with E-state index in [9.17, 15) is 4.79 Å². The van der Waals surface area contributed by atoms with Gasteiger partial charge in [0.15, 0.2) is 5.65 Å². The van der Waals surface area contributed by atoms with E-state index in [1.54, 1.807) is 6.92 Å². The second kappa shape index (κ2) is 1.91. The number of aromatic amines is 2. The van der Waals surface area contributed by atoms with Crippen LogP contribution in [0.4, 0.5) is 0 Å². The summed E-state index contributed by atoms with van der Waals surface area (Å²) in [6.45, 7) is 1.80. The van der Waals surface area contributed by atoms with Crippen LogP contribution in [0.25, 0.3) is 11.0 Å². The fourth-order valence-corrected chi connectivity index (χ4v) is 1.03. The predicted octanol–water partition coefficient (Wildman–Crippen LogP) is -0.0454. The highest BCUT2D eigenvalue weighted by atomic mass is 16.1. The lowest BCUT2D eigenvalue weighted by molar-refractivity contribution is 1.01. The van der Waals surface area contributed by atoms with Crippen LogP contribution < -0.4 is 5.43 Å². The molecule has 2 N–H and O–H groups in total. The molecule has 0 saturated carbocycles. The van der Waals surface area contributed by atoms with Gasteiger partial charge in [0.25, 0.3) is 0 Å². The SMILES string of the molecule is Cc1[nH]nc2[nH]ncc(=O)c12. The number of rotatable bonds is 0. The summed E-state index contributed by atoms with van der Waals surface area (Å²) < 4.78 is 0. The second-order valence-electron chi connectivity index (χ2n) is 2.31. The molecule has 0 amide bonds. The Labute approximate surface area is 61.4 Å². The van der Waals surface area contributed by atoms with Crippen molar-refractivity contribution >= 4 is 11.0 Å². The molecular weight excluding hydrogens is 144 g/mol. The largest absolute Gasteiger partial charge is 0.287 e. The third kappa shape index (κ3) is 0.739. The van der Waals surface area contributed by atoms with Gasteiger partial charge in [0.2, 0.25) is 5.43 Å². The van der Waals surface area contributed by atoms with Crippen LogP contribution in [0.2, 0.25) is 0 Å². The summed E-state index contributed by atoms with van der Waals surface area (Å²) in [7, 11) is 0. The fourth-order valence-electron chi connectivity index (χ4n) is 1.03. The zero-order valence-corrected chi connectivity index (χ0v) is 5.88. The maximum absolute atomic E-state index is 11.1. The van der Waals surface area contributed by atoms with Crippen molar-refractivity contribution in [2.24, 2.45) is 0 Å². The first-order chi connectivity index (χ1) is 5.29. The van der Waals surface area contributed by atoms with E-state index in [2.05, 4.69) is 20.4 Å². The average Bonchev–Trinajstić information content (AvgIpc) is 2.34. The van der Waals surface area contributed by atoms with Gasteiger partial charge >= 0.3 is 0 Å². The van der Waals surface area contributed by atoms with Gasteiger partial charge in [-0.1, -0.05) is 0 Å². The van der Waals surface area contributed by atoms with Crippen LogP contribution in [-0.2, 0) is 0 Å². The molecule has 5 nitrogen and oxygen atoms in total. The molecular formula is C6H6N4O. The molecule has 0 unspecified atom stereocenters. The van der Waals surface area contributed by atoms with Gasteiger partial charge in [-0.3, -0.25) is 15.0 Å². The molecule has 5 heteroatoms. The monoisotopic (exact) mass is 150 g/mol. The molecule has 2 aromatic heterocycles. The number of fused-ring (bicyclic) bond motifs is 1. The van der Waals surface area contributed by atoms with Crippen LogP contribution in [0, 0.1) is 6.92 Å². The standard InChI is InChI=1S/C6H6N4O/c1-3-5-4(11)2-7-9-6(5)10-8-3/h2H,1H3,(H2,8,9,10,11). The fraction of sp³-hybridized carbons (Fsp3) is 0.167. The van der Waals surface area contributed by atoms with E-state index < -0.39 is 0 Å². The van der Waals surface area contributed by atoms with Crippen molar-refractivity contribution in [2.45, 2.75) is 6.92 Å². The second-order valence-corrected chi connectivity index (χ2v) is 2.31. The maximum atomic E-state index is 11.1. The van der Waals surface area contributed by atoms with Crippen molar-refractivity contribution in [3.63, 3.8) is 0 Å². The Bertz CT molecular complexity index is 441. The third-order valence-electron chi connectivity index (χ3n) is 1.55. The Morgan fingerprint density at radius 1 is 1.45 bits per heavy atom. The smallest absolute Gasteiger partial charge is 0.211 e. The molecule has 0 aliphatic carbocycles. The minimum Gasteiger partial charge on any atom is -0.287 e. The number of aromatic nitrogens is 4. The minimum atomic E-state index is -0.106. The Balaban J connectivity index is 3.08. The molecule has 0 aromatic carbocycles. The molecule has 2 heterocycles. The maximum Gasteiger partial charge on any atom is 0.211 e.